The van der Waals surface area contributed by atoms with Crippen LogP contribution in [0.5, 0.6) is 11.5 Å². The topological polar surface area (TPSA) is 69.0 Å². The summed E-state index contributed by atoms with van der Waals surface area (Å²) in [5.74, 6) is 0.922. The molecule has 1 unspecified atom stereocenters. The molecule has 0 bridgehead atoms. The van der Waals surface area contributed by atoms with E-state index >= 15 is 0 Å². The highest BCUT2D eigenvalue weighted by Gasteiger charge is 2.44. The van der Waals surface area contributed by atoms with Gasteiger partial charge in [0.15, 0.2) is 16.9 Å². The SMILES string of the molecule is CCCCCOc1ccc(C2c3c(oc4ccccc4c3=O)C(=O)N2c2ccc(C)c(C)c2)cc1OC. The summed E-state index contributed by atoms with van der Waals surface area (Å²) in [7, 11) is 1.59. The van der Waals surface area contributed by atoms with Crippen molar-refractivity contribution in [2.75, 3.05) is 18.6 Å². The molecule has 0 fully saturated rings. The summed E-state index contributed by atoms with van der Waals surface area (Å²) in [4.78, 5) is 29.3. The van der Waals surface area contributed by atoms with Crippen LogP contribution >= 0.6 is 0 Å². The number of methoxy groups -OCH3 is 1. The lowest BCUT2D eigenvalue weighted by Crippen LogP contribution is -2.29. The smallest absolute Gasteiger partial charge is 0.295 e. The number of hydrogen-bond acceptors (Lipinski definition) is 5. The van der Waals surface area contributed by atoms with E-state index in [4.69, 9.17) is 13.9 Å². The van der Waals surface area contributed by atoms with Crippen LogP contribution in [0.3, 0.4) is 0 Å². The first-order valence-electron chi connectivity index (χ1n) is 12.7. The highest BCUT2D eigenvalue weighted by atomic mass is 16.5. The molecule has 0 aliphatic carbocycles. The van der Waals surface area contributed by atoms with E-state index in [1.54, 1.807) is 36.3 Å². The van der Waals surface area contributed by atoms with Gasteiger partial charge in [-0.3, -0.25) is 14.5 Å². The first kappa shape index (κ1) is 24.6. The van der Waals surface area contributed by atoms with Crippen LogP contribution < -0.4 is 19.8 Å². The van der Waals surface area contributed by atoms with Crippen molar-refractivity contribution in [1.29, 1.82) is 0 Å². The predicted octanol–water partition coefficient (Wildman–Crippen LogP) is 6.74. The third-order valence-corrected chi connectivity index (χ3v) is 7.06. The number of ether oxygens (including phenoxy) is 2. The maximum absolute atomic E-state index is 13.8. The van der Waals surface area contributed by atoms with E-state index in [0.717, 1.165) is 36.0 Å². The molecular formula is C31H31NO5. The normalized spacial score (nSPS) is 14.8. The number of aryl methyl sites for hydroxylation is 2. The minimum absolute atomic E-state index is 0.0748. The van der Waals surface area contributed by atoms with Crippen LogP contribution in [0.4, 0.5) is 5.69 Å². The van der Waals surface area contributed by atoms with Crippen LogP contribution in [0.2, 0.25) is 0 Å². The third kappa shape index (κ3) is 4.37. The maximum atomic E-state index is 13.8. The van der Waals surface area contributed by atoms with Gasteiger partial charge < -0.3 is 13.9 Å². The van der Waals surface area contributed by atoms with Crippen LogP contribution in [0, 0.1) is 13.8 Å². The lowest BCUT2D eigenvalue weighted by molar-refractivity contribution is 0.0971. The molecule has 3 aromatic carbocycles. The van der Waals surface area contributed by atoms with Gasteiger partial charge in [0.05, 0.1) is 30.7 Å². The Morgan fingerprint density at radius 2 is 1.73 bits per heavy atom. The number of carbonyl (C=O) groups excluding carboxylic acids is 1. The minimum atomic E-state index is -0.673. The number of amides is 1. The second kappa shape index (κ2) is 10.1. The van der Waals surface area contributed by atoms with Crippen LogP contribution in [0.15, 0.2) is 69.9 Å². The van der Waals surface area contributed by atoms with Gasteiger partial charge in [-0.25, -0.2) is 0 Å². The zero-order valence-electron chi connectivity index (χ0n) is 21.7. The van der Waals surface area contributed by atoms with E-state index in [0.29, 0.717) is 40.3 Å². The van der Waals surface area contributed by atoms with Gasteiger partial charge in [-0.2, -0.15) is 0 Å². The van der Waals surface area contributed by atoms with Crippen molar-refractivity contribution in [2.24, 2.45) is 0 Å². The van der Waals surface area contributed by atoms with Crippen molar-refractivity contribution < 1.29 is 18.7 Å². The molecule has 0 N–H and O–H groups in total. The molecule has 1 aliphatic heterocycles. The molecule has 0 saturated carbocycles. The molecule has 0 saturated heterocycles. The van der Waals surface area contributed by atoms with Gasteiger partial charge >= 0.3 is 0 Å². The largest absolute Gasteiger partial charge is 0.493 e. The van der Waals surface area contributed by atoms with Crippen molar-refractivity contribution >= 4 is 22.6 Å². The van der Waals surface area contributed by atoms with Crippen molar-refractivity contribution in [3.05, 3.63) is 98.9 Å². The van der Waals surface area contributed by atoms with Crippen LogP contribution in [0.25, 0.3) is 11.0 Å². The van der Waals surface area contributed by atoms with Gasteiger partial charge in [-0.15, -0.1) is 0 Å². The number of hydrogen-bond donors (Lipinski definition) is 0. The molecule has 1 aliphatic rings. The molecule has 1 aromatic heterocycles. The van der Waals surface area contributed by atoms with Crippen molar-refractivity contribution in [1.82, 2.24) is 0 Å². The third-order valence-electron chi connectivity index (χ3n) is 7.06. The zero-order chi connectivity index (χ0) is 26.1. The molecular weight excluding hydrogens is 466 g/mol. The number of unbranched alkanes of at least 4 members (excludes halogenated alkanes) is 2. The van der Waals surface area contributed by atoms with Gasteiger partial charge in [0.1, 0.15) is 5.58 Å². The number of nitrogens with zero attached hydrogens (tertiary/aromatic N) is 1. The van der Waals surface area contributed by atoms with Crippen LogP contribution in [-0.4, -0.2) is 19.6 Å². The highest BCUT2D eigenvalue weighted by Crippen LogP contribution is 2.43. The summed E-state index contributed by atoms with van der Waals surface area (Å²) < 4.78 is 17.7. The average Bonchev–Trinajstić information content (AvgIpc) is 3.20. The Morgan fingerprint density at radius 3 is 2.49 bits per heavy atom. The predicted molar refractivity (Wildman–Crippen MR) is 145 cm³/mol. The van der Waals surface area contributed by atoms with Gasteiger partial charge in [0.25, 0.3) is 5.91 Å². The Balaban J connectivity index is 1.67. The summed E-state index contributed by atoms with van der Waals surface area (Å²) in [6, 6.07) is 17.8. The lowest BCUT2D eigenvalue weighted by atomic mass is 9.97. The number of fused-ring (bicyclic) bond motifs is 2. The first-order valence-corrected chi connectivity index (χ1v) is 12.7. The van der Waals surface area contributed by atoms with Crippen LogP contribution in [0.1, 0.15) is 65.0 Å². The summed E-state index contributed by atoms with van der Waals surface area (Å²) in [5.41, 5.74) is 4.14. The molecule has 4 aromatic rings. The zero-order valence-corrected chi connectivity index (χ0v) is 21.7. The molecule has 2 heterocycles. The molecule has 1 amide bonds. The second-order valence-corrected chi connectivity index (χ2v) is 9.48. The average molecular weight is 498 g/mol. The first-order chi connectivity index (χ1) is 17.9. The fourth-order valence-electron chi connectivity index (χ4n) is 4.88. The molecule has 0 spiro atoms. The van der Waals surface area contributed by atoms with Crippen molar-refractivity contribution in [2.45, 2.75) is 46.1 Å². The van der Waals surface area contributed by atoms with Gasteiger partial charge in [-0.05, 0) is 73.4 Å². The number of benzene rings is 3. The molecule has 6 nitrogen and oxygen atoms in total. The highest BCUT2D eigenvalue weighted by molar-refractivity contribution is 6.10. The molecule has 190 valence electrons. The standard InChI is InChI=1S/C31H31NO5/c1-5-6-9-16-36-25-15-13-21(18-26(25)35-4)28-27-29(33)23-10-7-8-11-24(23)37-30(27)31(34)32(28)22-14-12-19(2)20(3)17-22/h7-8,10-15,17-18,28H,5-6,9,16H2,1-4H3. The second-order valence-electron chi connectivity index (χ2n) is 9.48. The van der Waals surface area contributed by atoms with Gasteiger partial charge in [-0.1, -0.05) is 44.0 Å². The number of para-hydroxylation sites is 1. The molecule has 37 heavy (non-hydrogen) atoms. The molecule has 5 rings (SSSR count). The summed E-state index contributed by atoms with van der Waals surface area (Å²) in [6.07, 6.45) is 3.16. The van der Waals surface area contributed by atoms with E-state index in [1.165, 1.54) is 0 Å². The van der Waals surface area contributed by atoms with Crippen molar-refractivity contribution in [3.8, 4) is 11.5 Å². The van der Waals surface area contributed by atoms with E-state index in [1.807, 2.05) is 50.2 Å². The molecule has 0 radical (unpaired) electrons. The molecule has 6 heteroatoms. The Morgan fingerprint density at radius 1 is 0.919 bits per heavy atom. The Hall–Kier alpha value is -4.06. The van der Waals surface area contributed by atoms with E-state index < -0.39 is 6.04 Å². The number of rotatable bonds is 8. The van der Waals surface area contributed by atoms with E-state index in [2.05, 4.69) is 6.92 Å². The van der Waals surface area contributed by atoms with Crippen LogP contribution in [-0.2, 0) is 0 Å². The lowest BCUT2D eigenvalue weighted by Gasteiger charge is -2.26. The van der Waals surface area contributed by atoms with Crippen molar-refractivity contribution in [3.63, 3.8) is 0 Å². The summed E-state index contributed by atoms with van der Waals surface area (Å²) in [5, 5.41) is 0.448. The van der Waals surface area contributed by atoms with Gasteiger partial charge in [0.2, 0.25) is 5.76 Å². The fraction of sp³-hybridized carbons (Fsp3) is 0.290. The maximum Gasteiger partial charge on any atom is 0.295 e. The summed E-state index contributed by atoms with van der Waals surface area (Å²) >= 11 is 0. The summed E-state index contributed by atoms with van der Waals surface area (Å²) in [6.45, 7) is 6.78. The van der Waals surface area contributed by atoms with Gasteiger partial charge in [0, 0.05) is 5.69 Å². The monoisotopic (exact) mass is 497 g/mol. The Kier molecular flexibility index (Phi) is 6.74. The Labute approximate surface area is 216 Å². The minimum Gasteiger partial charge on any atom is -0.493 e. The van der Waals surface area contributed by atoms with E-state index in [9.17, 15) is 9.59 Å². The fourth-order valence-corrected chi connectivity index (χ4v) is 4.88. The molecule has 1 atom stereocenters. The Bertz CT molecular complexity index is 1540. The number of anilines is 1. The van der Waals surface area contributed by atoms with E-state index in [-0.39, 0.29) is 17.1 Å². The number of carbonyl (C=O) groups is 1. The quantitative estimate of drug-likeness (QED) is 0.252.